The van der Waals surface area contributed by atoms with Crippen LogP contribution in [0.2, 0.25) is 0 Å². The van der Waals surface area contributed by atoms with Crippen molar-refractivity contribution in [3.8, 4) is 0 Å². The highest BCUT2D eigenvalue weighted by molar-refractivity contribution is 5.76. The van der Waals surface area contributed by atoms with Gasteiger partial charge in [-0.1, -0.05) is 126 Å². The summed E-state index contributed by atoms with van der Waals surface area (Å²) in [5.41, 5.74) is 0. The third-order valence-corrected chi connectivity index (χ3v) is 10.5. The van der Waals surface area contributed by atoms with Crippen LogP contribution in [0.1, 0.15) is 123 Å². The average molecular weight is 840 g/mol. The van der Waals surface area contributed by atoms with E-state index in [9.17, 15) is 45.6 Å². The van der Waals surface area contributed by atoms with Gasteiger partial charge in [0.25, 0.3) is 0 Å². The largest absolute Gasteiger partial charge is 0.394 e. The summed E-state index contributed by atoms with van der Waals surface area (Å²) >= 11 is 0. The maximum atomic E-state index is 13.1. The normalized spacial score (nSPS) is 29.1. The number of aliphatic hydroxyl groups excluding tert-OH is 8. The van der Waals surface area contributed by atoms with Crippen molar-refractivity contribution in [1.82, 2.24) is 5.32 Å². The van der Waals surface area contributed by atoms with Crippen molar-refractivity contribution in [2.24, 2.45) is 0 Å². The summed E-state index contributed by atoms with van der Waals surface area (Å²) in [6.07, 6.45) is 19.7. The first-order valence-corrected chi connectivity index (χ1v) is 22.0. The first-order valence-electron chi connectivity index (χ1n) is 22.0. The number of carbonyl (C=O) groups is 1. The van der Waals surface area contributed by atoms with Gasteiger partial charge in [-0.15, -0.1) is 0 Å². The smallest absolute Gasteiger partial charge is 0.220 e. The highest BCUT2D eigenvalue weighted by atomic mass is 16.7. The fourth-order valence-corrected chi connectivity index (χ4v) is 6.86. The summed E-state index contributed by atoms with van der Waals surface area (Å²) in [5, 5.41) is 86.3. The van der Waals surface area contributed by atoms with E-state index in [-0.39, 0.29) is 18.9 Å². The predicted molar refractivity (Wildman–Crippen MR) is 226 cm³/mol. The number of aliphatic hydroxyl groups is 8. The van der Waals surface area contributed by atoms with E-state index in [0.717, 1.165) is 57.8 Å². The van der Waals surface area contributed by atoms with Crippen LogP contribution in [0, 0.1) is 0 Å². The van der Waals surface area contributed by atoms with Crippen molar-refractivity contribution in [3.05, 3.63) is 60.8 Å². The first kappa shape index (κ1) is 52.8. The summed E-state index contributed by atoms with van der Waals surface area (Å²) in [6, 6.07) is -0.857. The topological polar surface area (TPSA) is 228 Å². The molecule has 2 aliphatic heterocycles. The zero-order valence-corrected chi connectivity index (χ0v) is 35.5. The van der Waals surface area contributed by atoms with E-state index in [1.807, 2.05) is 6.08 Å². The average Bonchev–Trinajstić information content (AvgIpc) is 3.23. The number of rotatable bonds is 31. The number of hydrogen-bond acceptors (Lipinski definition) is 13. The van der Waals surface area contributed by atoms with Crippen LogP contribution < -0.4 is 5.32 Å². The van der Waals surface area contributed by atoms with Crippen LogP contribution in [0.3, 0.4) is 0 Å². The van der Waals surface area contributed by atoms with Gasteiger partial charge in [-0.05, 0) is 51.4 Å². The molecule has 0 bridgehead atoms. The maximum Gasteiger partial charge on any atom is 0.220 e. The van der Waals surface area contributed by atoms with Gasteiger partial charge in [-0.2, -0.15) is 0 Å². The van der Waals surface area contributed by atoms with Gasteiger partial charge >= 0.3 is 0 Å². The first-order chi connectivity index (χ1) is 28.6. The van der Waals surface area contributed by atoms with Crippen LogP contribution in [-0.4, -0.2) is 140 Å². The monoisotopic (exact) mass is 840 g/mol. The van der Waals surface area contributed by atoms with Gasteiger partial charge < -0.3 is 65.1 Å². The molecule has 2 heterocycles. The number of amides is 1. The summed E-state index contributed by atoms with van der Waals surface area (Å²) in [7, 11) is 0. The third kappa shape index (κ3) is 20.9. The van der Waals surface area contributed by atoms with Gasteiger partial charge in [0.15, 0.2) is 12.6 Å². The third-order valence-electron chi connectivity index (χ3n) is 10.5. The highest BCUT2D eigenvalue weighted by Gasteiger charge is 2.51. The van der Waals surface area contributed by atoms with Crippen LogP contribution in [-0.2, 0) is 23.7 Å². The summed E-state index contributed by atoms with van der Waals surface area (Å²) in [4.78, 5) is 13.1. The molecular weight excluding hydrogens is 762 g/mol. The lowest BCUT2D eigenvalue weighted by Gasteiger charge is -2.46. The lowest BCUT2D eigenvalue weighted by molar-refractivity contribution is -0.359. The zero-order chi connectivity index (χ0) is 43.3. The quantitative estimate of drug-likeness (QED) is 0.0357. The summed E-state index contributed by atoms with van der Waals surface area (Å²) < 4.78 is 22.6. The molecule has 0 aromatic rings. The van der Waals surface area contributed by atoms with Crippen LogP contribution in [0.15, 0.2) is 60.8 Å². The van der Waals surface area contributed by atoms with Crippen LogP contribution in [0.4, 0.5) is 0 Å². The van der Waals surface area contributed by atoms with E-state index >= 15 is 0 Å². The SMILES string of the molecule is CC/C=C\C/C=C\C/C=C\C/C=C\C/C=C\CCCC(=O)NC(COC1OC(CO)C(OC2OC(CO)C(O)C(O)C2O)C(O)C1O)C(O)CCCCCCCCCC. The van der Waals surface area contributed by atoms with Gasteiger partial charge in [0.1, 0.15) is 48.8 Å². The lowest BCUT2D eigenvalue weighted by atomic mass is 9.97. The van der Waals surface area contributed by atoms with E-state index in [4.69, 9.17) is 18.9 Å². The van der Waals surface area contributed by atoms with Crippen molar-refractivity contribution in [3.63, 3.8) is 0 Å². The molecule has 0 saturated carbocycles. The number of ether oxygens (including phenoxy) is 4. The van der Waals surface area contributed by atoms with Gasteiger partial charge in [0.05, 0.1) is 32.0 Å². The Morgan fingerprint density at radius 3 is 1.73 bits per heavy atom. The molecule has 59 heavy (non-hydrogen) atoms. The minimum atomic E-state index is -1.79. The standard InChI is InChI=1S/C45H77NO13/c1-3-5-7-9-11-13-14-15-16-17-18-19-20-21-23-25-27-29-37(50)46-33(34(49)28-26-24-22-12-10-8-6-4-2)32-56-44-42(55)40(53)43(36(31-48)58-44)59-45-41(54)39(52)38(51)35(30-47)57-45/h5,7,11,13,15-16,18-19,21,23,33-36,38-45,47-49,51-55H,3-4,6,8-10,12,14,17,20,22,24-32H2,1-2H3,(H,46,50)/b7-5-,13-11-,16-15-,19-18-,23-21-. The van der Waals surface area contributed by atoms with Gasteiger partial charge in [-0.25, -0.2) is 0 Å². The highest BCUT2D eigenvalue weighted by Crippen LogP contribution is 2.30. The maximum absolute atomic E-state index is 13.1. The molecule has 2 rings (SSSR count). The van der Waals surface area contributed by atoms with Gasteiger partial charge in [-0.3, -0.25) is 4.79 Å². The Labute approximate surface area is 352 Å². The van der Waals surface area contributed by atoms with Crippen molar-refractivity contribution >= 4 is 5.91 Å². The fraction of sp³-hybridized carbons (Fsp3) is 0.756. The van der Waals surface area contributed by atoms with Crippen molar-refractivity contribution in [2.75, 3.05) is 19.8 Å². The number of unbranched alkanes of at least 4 members (excludes halogenated alkanes) is 8. The Kier molecular flexibility index (Phi) is 29.0. The second-order valence-electron chi connectivity index (χ2n) is 15.4. The van der Waals surface area contributed by atoms with Crippen LogP contribution >= 0.6 is 0 Å². The van der Waals surface area contributed by atoms with E-state index < -0.39 is 86.8 Å². The van der Waals surface area contributed by atoms with E-state index in [1.54, 1.807) is 0 Å². The minimum absolute atomic E-state index is 0.222. The minimum Gasteiger partial charge on any atom is -0.394 e. The molecule has 12 atom stereocenters. The van der Waals surface area contributed by atoms with E-state index in [0.29, 0.717) is 19.3 Å². The molecule has 0 spiro atoms. The molecule has 9 N–H and O–H groups in total. The number of carbonyl (C=O) groups excluding carboxylic acids is 1. The number of nitrogens with one attached hydrogen (secondary N) is 1. The molecule has 14 heteroatoms. The van der Waals surface area contributed by atoms with Crippen LogP contribution in [0.25, 0.3) is 0 Å². The van der Waals surface area contributed by atoms with Gasteiger partial charge in [0, 0.05) is 6.42 Å². The fourth-order valence-electron chi connectivity index (χ4n) is 6.86. The van der Waals surface area contributed by atoms with Crippen molar-refractivity contribution < 1.29 is 64.6 Å². The van der Waals surface area contributed by atoms with Crippen molar-refractivity contribution in [1.29, 1.82) is 0 Å². The molecule has 12 unspecified atom stereocenters. The summed E-state index contributed by atoms with van der Waals surface area (Å²) in [6.45, 7) is 2.61. The molecule has 2 fully saturated rings. The predicted octanol–water partition coefficient (Wildman–Crippen LogP) is 3.93. The summed E-state index contributed by atoms with van der Waals surface area (Å²) in [5.74, 6) is -0.271. The van der Waals surface area contributed by atoms with Crippen molar-refractivity contribution in [2.45, 2.75) is 197 Å². The molecule has 0 aliphatic carbocycles. The molecule has 14 nitrogen and oxygen atoms in total. The lowest BCUT2D eigenvalue weighted by Crippen LogP contribution is -2.65. The number of allylic oxidation sites excluding steroid dienone is 10. The molecule has 1 amide bonds. The second kappa shape index (κ2) is 32.4. The molecule has 0 aromatic carbocycles. The molecule has 2 saturated heterocycles. The van der Waals surface area contributed by atoms with E-state index in [2.05, 4.69) is 73.8 Å². The molecule has 0 radical (unpaired) electrons. The van der Waals surface area contributed by atoms with E-state index in [1.165, 1.54) is 25.7 Å². The molecule has 340 valence electrons. The Morgan fingerprint density at radius 2 is 1.15 bits per heavy atom. The Hall–Kier alpha value is -2.31. The second-order valence-corrected chi connectivity index (χ2v) is 15.4. The van der Waals surface area contributed by atoms with Crippen LogP contribution in [0.5, 0.6) is 0 Å². The van der Waals surface area contributed by atoms with Gasteiger partial charge in [0.2, 0.25) is 5.91 Å². The molecule has 0 aromatic heterocycles. The Bertz CT molecular complexity index is 1220. The molecule has 2 aliphatic rings. The molecular formula is C45H77NO13. The number of hydrogen-bond donors (Lipinski definition) is 9. The zero-order valence-electron chi connectivity index (χ0n) is 35.5. The Balaban J connectivity index is 1.89. The Morgan fingerprint density at radius 1 is 0.627 bits per heavy atom.